The van der Waals surface area contributed by atoms with E-state index in [-0.39, 0.29) is 5.82 Å². The molecular weight excluding hydrogens is 267 g/mol. The number of aromatic nitrogens is 2. The van der Waals surface area contributed by atoms with E-state index in [0.717, 1.165) is 43.3 Å². The van der Waals surface area contributed by atoms with Crippen molar-refractivity contribution >= 4 is 5.69 Å². The molecule has 2 heterocycles. The molecule has 0 amide bonds. The summed E-state index contributed by atoms with van der Waals surface area (Å²) in [7, 11) is 0. The first kappa shape index (κ1) is 12.8. The number of hydrogen-bond donors (Lipinski definition) is 1. The summed E-state index contributed by atoms with van der Waals surface area (Å²) in [6, 6.07) is 5.74. The summed E-state index contributed by atoms with van der Waals surface area (Å²) < 4.78 is 15.8. The van der Waals surface area contributed by atoms with Crippen molar-refractivity contribution in [1.82, 2.24) is 14.9 Å². The van der Waals surface area contributed by atoms with Crippen LogP contribution in [0.4, 0.5) is 10.1 Å². The Bertz CT molecular complexity index is 647. The molecule has 110 valence electrons. The van der Waals surface area contributed by atoms with Crippen LogP contribution in [0.2, 0.25) is 0 Å². The lowest BCUT2D eigenvalue weighted by molar-refractivity contribution is 0.555. The number of rotatable bonds is 4. The van der Waals surface area contributed by atoms with Crippen LogP contribution >= 0.6 is 0 Å². The van der Waals surface area contributed by atoms with Crippen LogP contribution in [-0.2, 0) is 19.6 Å². The average Bonchev–Trinajstić information content (AvgIpc) is 3.20. The van der Waals surface area contributed by atoms with Crippen molar-refractivity contribution in [2.24, 2.45) is 0 Å². The SMILES string of the molecule is Fc1ccc(N2CCn3ccnc3C2)c(CNC2CC2)c1. The zero-order valence-corrected chi connectivity index (χ0v) is 11.9. The number of imidazole rings is 1. The van der Waals surface area contributed by atoms with Crippen LogP contribution in [0, 0.1) is 5.82 Å². The van der Waals surface area contributed by atoms with Crippen LogP contribution < -0.4 is 10.2 Å². The lowest BCUT2D eigenvalue weighted by Gasteiger charge is -2.31. The molecule has 0 unspecified atom stereocenters. The maximum absolute atomic E-state index is 13.6. The third kappa shape index (κ3) is 2.65. The van der Waals surface area contributed by atoms with E-state index < -0.39 is 0 Å². The molecule has 0 saturated heterocycles. The number of benzene rings is 1. The molecule has 1 aliphatic heterocycles. The van der Waals surface area contributed by atoms with Gasteiger partial charge in [-0.25, -0.2) is 9.37 Å². The van der Waals surface area contributed by atoms with Gasteiger partial charge in [0, 0.05) is 43.8 Å². The summed E-state index contributed by atoms with van der Waals surface area (Å²) in [4.78, 5) is 6.69. The molecule has 0 spiro atoms. The minimum atomic E-state index is -0.162. The fourth-order valence-electron chi connectivity index (χ4n) is 2.93. The molecule has 1 fully saturated rings. The maximum atomic E-state index is 13.6. The van der Waals surface area contributed by atoms with Crippen LogP contribution in [0.5, 0.6) is 0 Å². The summed E-state index contributed by atoms with van der Waals surface area (Å²) in [5, 5.41) is 3.48. The van der Waals surface area contributed by atoms with E-state index >= 15 is 0 Å². The van der Waals surface area contributed by atoms with Crippen LogP contribution in [0.1, 0.15) is 24.2 Å². The van der Waals surface area contributed by atoms with E-state index in [4.69, 9.17) is 0 Å². The third-order valence-corrected chi connectivity index (χ3v) is 4.29. The van der Waals surface area contributed by atoms with Crippen molar-refractivity contribution in [2.45, 2.75) is 38.5 Å². The Morgan fingerprint density at radius 3 is 3.05 bits per heavy atom. The van der Waals surface area contributed by atoms with Gasteiger partial charge in [0.05, 0.1) is 6.54 Å². The van der Waals surface area contributed by atoms with E-state index in [1.54, 1.807) is 12.1 Å². The number of fused-ring (bicyclic) bond motifs is 1. The Balaban J connectivity index is 1.58. The Labute approximate surface area is 123 Å². The molecule has 1 N–H and O–H groups in total. The highest BCUT2D eigenvalue weighted by Gasteiger charge is 2.23. The number of halogens is 1. The van der Waals surface area contributed by atoms with Gasteiger partial charge in [0.2, 0.25) is 0 Å². The molecular formula is C16H19FN4. The minimum absolute atomic E-state index is 0.162. The summed E-state index contributed by atoms with van der Waals surface area (Å²) in [6.07, 6.45) is 6.35. The van der Waals surface area contributed by atoms with Crippen LogP contribution in [0.3, 0.4) is 0 Å². The van der Waals surface area contributed by atoms with Gasteiger partial charge in [-0.3, -0.25) is 0 Å². The van der Waals surface area contributed by atoms with E-state index in [9.17, 15) is 4.39 Å². The molecule has 4 nitrogen and oxygen atoms in total. The van der Waals surface area contributed by atoms with E-state index in [2.05, 4.69) is 19.8 Å². The molecule has 0 bridgehead atoms. The molecule has 1 aromatic heterocycles. The quantitative estimate of drug-likeness (QED) is 0.936. The van der Waals surface area contributed by atoms with Gasteiger partial charge in [-0.2, -0.15) is 0 Å². The molecule has 1 aromatic carbocycles. The fraction of sp³-hybridized carbons (Fsp3) is 0.438. The molecule has 4 rings (SSSR count). The van der Waals surface area contributed by atoms with Gasteiger partial charge < -0.3 is 14.8 Å². The average molecular weight is 286 g/mol. The monoisotopic (exact) mass is 286 g/mol. The van der Waals surface area contributed by atoms with Crippen molar-refractivity contribution in [2.75, 3.05) is 11.4 Å². The second kappa shape index (κ2) is 5.15. The summed E-state index contributed by atoms with van der Waals surface area (Å²) >= 11 is 0. The normalized spacial score (nSPS) is 17.9. The largest absolute Gasteiger partial charge is 0.362 e. The van der Waals surface area contributed by atoms with Crippen LogP contribution in [-0.4, -0.2) is 22.1 Å². The first-order chi connectivity index (χ1) is 10.3. The second-order valence-corrected chi connectivity index (χ2v) is 5.89. The van der Waals surface area contributed by atoms with Crippen molar-refractivity contribution in [3.63, 3.8) is 0 Å². The van der Waals surface area contributed by atoms with E-state index in [0.29, 0.717) is 6.04 Å². The van der Waals surface area contributed by atoms with Crippen LogP contribution in [0.15, 0.2) is 30.6 Å². The number of anilines is 1. The lowest BCUT2D eigenvalue weighted by atomic mass is 10.1. The number of hydrogen-bond acceptors (Lipinski definition) is 3. The molecule has 1 saturated carbocycles. The zero-order chi connectivity index (χ0) is 14.2. The minimum Gasteiger partial charge on any atom is -0.362 e. The predicted octanol–water partition coefficient (Wildman–Crippen LogP) is 2.29. The van der Waals surface area contributed by atoms with Crippen molar-refractivity contribution in [3.05, 3.63) is 47.8 Å². The van der Waals surface area contributed by atoms with E-state index in [1.165, 1.54) is 12.8 Å². The summed E-state index contributed by atoms with van der Waals surface area (Å²) in [6.45, 7) is 3.39. The molecule has 21 heavy (non-hydrogen) atoms. The van der Waals surface area contributed by atoms with Crippen molar-refractivity contribution < 1.29 is 4.39 Å². The van der Waals surface area contributed by atoms with E-state index in [1.807, 2.05) is 18.5 Å². The van der Waals surface area contributed by atoms with Crippen molar-refractivity contribution in [1.29, 1.82) is 0 Å². The number of nitrogens with one attached hydrogen (secondary N) is 1. The highest BCUT2D eigenvalue weighted by Crippen LogP contribution is 2.27. The molecule has 1 aliphatic carbocycles. The molecule has 2 aromatic rings. The topological polar surface area (TPSA) is 33.1 Å². The summed E-state index contributed by atoms with van der Waals surface area (Å²) in [5.41, 5.74) is 2.17. The van der Waals surface area contributed by atoms with Gasteiger partial charge >= 0.3 is 0 Å². The predicted molar refractivity (Wildman–Crippen MR) is 79.5 cm³/mol. The maximum Gasteiger partial charge on any atom is 0.128 e. The Kier molecular flexibility index (Phi) is 3.15. The van der Waals surface area contributed by atoms with Gasteiger partial charge in [-0.1, -0.05) is 0 Å². The van der Waals surface area contributed by atoms with Crippen molar-refractivity contribution in [3.8, 4) is 0 Å². The highest BCUT2D eigenvalue weighted by molar-refractivity contribution is 5.54. The highest BCUT2D eigenvalue weighted by atomic mass is 19.1. The van der Waals surface area contributed by atoms with Gasteiger partial charge in [0.15, 0.2) is 0 Å². The van der Waals surface area contributed by atoms with Gasteiger partial charge in [-0.15, -0.1) is 0 Å². The standard InChI is InChI=1S/C16H19FN4/c17-13-1-4-15(12(9-13)10-19-14-2-3-14)21-8-7-20-6-5-18-16(20)11-21/h1,4-6,9,14,19H,2-3,7-8,10-11H2. The Hall–Kier alpha value is -1.88. The number of nitrogens with zero attached hydrogens (tertiary/aromatic N) is 3. The first-order valence-corrected chi connectivity index (χ1v) is 7.56. The Morgan fingerprint density at radius 2 is 2.19 bits per heavy atom. The summed E-state index contributed by atoms with van der Waals surface area (Å²) in [5.74, 6) is 0.913. The zero-order valence-electron chi connectivity index (χ0n) is 11.9. The second-order valence-electron chi connectivity index (χ2n) is 5.89. The molecule has 2 aliphatic rings. The fourth-order valence-corrected chi connectivity index (χ4v) is 2.93. The van der Waals surface area contributed by atoms with Gasteiger partial charge in [0.1, 0.15) is 11.6 Å². The first-order valence-electron chi connectivity index (χ1n) is 7.56. The smallest absolute Gasteiger partial charge is 0.128 e. The lowest BCUT2D eigenvalue weighted by Crippen LogP contribution is -2.34. The molecule has 5 heteroatoms. The molecule has 0 radical (unpaired) electrons. The van der Waals surface area contributed by atoms with Gasteiger partial charge in [0.25, 0.3) is 0 Å². The third-order valence-electron chi connectivity index (χ3n) is 4.29. The molecule has 0 atom stereocenters. The van der Waals surface area contributed by atoms with Crippen LogP contribution in [0.25, 0.3) is 0 Å². The Morgan fingerprint density at radius 1 is 1.29 bits per heavy atom. The van der Waals surface area contributed by atoms with Gasteiger partial charge in [-0.05, 0) is 36.6 Å².